The van der Waals surface area contributed by atoms with Crippen LogP contribution in [0.1, 0.15) is 27.5 Å². The molecule has 2 atom stereocenters. The zero-order chi connectivity index (χ0) is 17.6. The SMILES string of the molecule is Cc1cnc2c(Cl)c(C(=O)N3C[C@H](c4ccccc4)[C@@H](N)C3)nn2c1. The van der Waals surface area contributed by atoms with Gasteiger partial charge in [-0.2, -0.15) is 5.10 Å². The number of aromatic nitrogens is 3. The number of likely N-dealkylation sites (tertiary alicyclic amines) is 1. The van der Waals surface area contributed by atoms with Crippen molar-refractivity contribution in [1.29, 1.82) is 0 Å². The molecule has 1 saturated heterocycles. The maximum absolute atomic E-state index is 12.9. The third-order valence-electron chi connectivity index (χ3n) is 4.63. The Morgan fingerprint density at radius 3 is 2.80 bits per heavy atom. The highest BCUT2D eigenvalue weighted by Gasteiger charge is 2.36. The van der Waals surface area contributed by atoms with E-state index in [1.165, 1.54) is 0 Å². The lowest BCUT2D eigenvalue weighted by Crippen LogP contribution is -2.32. The van der Waals surface area contributed by atoms with Crippen LogP contribution in [-0.2, 0) is 0 Å². The van der Waals surface area contributed by atoms with Crippen LogP contribution in [0.5, 0.6) is 0 Å². The monoisotopic (exact) mass is 355 g/mol. The molecule has 0 aliphatic carbocycles. The van der Waals surface area contributed by atoms with Crippen LogP contribution < -0.4 is 5.73 Å². The predicted octanol–water partition coefficient (Wildman–Crippen LogP) is 2.26. The molecule has 0 unspecified atom stereocenters. The van der Waals surface area contributed by atoms with Gasteiger partial charge in [0.1, 0.15) is 5.02 Å². The van der Waals surface area contributed by atoms with Crippen molar-refractivity contribution in [2.24, 2.45) is 5.73 Å². The standard InChI is InChI=1S/C18H18ClN5O/c1-11-7-21-17-15(19)16(22-24(17)8-11)18(25)23-9-13(14(20)10-23)12-5-3-2-4-6-12/h2-8,13-14H,9-10,20H2,1H3/t13-,14+/m1/s1. The third-order valence-corrected chi connectivity index (χ3v) is 4.98. The number of carbonyl (C=O) groups excluding carboxylic acids is 1. The molecule has 128 valence electrons. The van der Waals surface area contributed by atoms with E-state index in [4.69, 9.17) is 17.3 Å². The van der Waals surface area contributed by atoms with Crippen molar-refractivity contribution in [3.63, 3.8) is 0 Å². The lowest BCUT2D eigenvalue weighted by atomic mass is 9.95. The number of benzene rings is 1. The average molecular weight is 356 g/mol. The third kappa shape index (κ3) is 2.77. The second-order valence-electron chi connectivity index (χ2n) is 6.45. The van der Waals surface area contributed by atoms with Crippen LogP contribution in [0.3, 0.4) is 0 Å². The fourth-order valence-electron chi connectivity index (χ4n) is 3.33. The maximum Gasteiger partial charge on any atom is 0.276 e. The highest BCUT2D eigenvalue weighted by molar-refractivity contribution is 6.36. The summed E-state index contributed by atoms with van der Waals surface area (Å²) < 4.78 is 1.55. The predicted molar refractivity (Wildman–Crippen MR) is 95.8 cm³/mol. The lowest BCUT2D eigenvalue weighted by Gasteiger charge is -2.15. The molecule has 1 aromatic carbocycles. The molecule has 4 rings (SSSR count). The second kappa shape index (κ2) is 6.13. The van der Waals surface area contributed by atoms with Gasteiger partial charge < -0.3 is 10.6 Å². The van der Waals surface area contributed by atoms with E-state index < -0.39 is 0 Å². The van der Waals surface area contributed by atoms with Crippen molar-refractivity contribution in [3.05, 3.63) is 64.6 Å². The van der Waals surface area contributed by atoms with Crippen LogP contribution in [0.25, 0.3) is 5.65 Å². The molecule has 0 radical (unpaired) electrons. The van der Waals surface area contributed by atoms with Gasteiger partial charge >= 0.3 is 0 Å². The molecule has 0 bridgehead atoms. The Morgan fingerprint density at radius 1 is 1.28 bits per heavy atom. The maximum atomic E-state index is 12.9. The van der Waals surface area contributed by atoms with Crippen LogP contribution in [-0.4, -0.2) is 44.5 Å². The van der Waals surface area contributed by atoms with Gasteiger partial charge in [-0.1, -0.05) is 41.9 Å². The molecule has 2 N–H and O–H groups in total. The molecule has 3 aromatic rings. The zero-order valence-electron chi connectivity index (χ0n) is 13.8. The number of rotatable bonds is 2. The van der Waals surface area contributed by atoms with Gasteiger partial charge in [0.25, 0.3) is 5.91 Å². The summed E-state index contributed by atoms with van der Waals surface area (Å²) in [5, 5.41) is 4.61. The molecule has 0 spiro atoms. The number of aryl methyl sites for hydroxylation is 1. The largest absolute Gasteiger partial charge is 0.335 e. The van der Waals surface area contributed by atoms with Gasteiger partial charge in [-0.3, -0.25) is 4.79 Å². The molecule has 0 saturated carbocycles. The van der Waals surface area contributed by atoms with E-state index >= 15 is 0 Å². The fraction of sp³-hybridized carbons (Fsp3) is 0.278. The number of fused-ring (bicyclic) bond motifs is 1. The van der Waals surface area contributed by atoms with E-state index in [-0.39, 0.29) is 28.6 Å². The summed E-state index contributed by atoms with van der Waals surface area (Å²) in [5.41, 5.74) is 9.08. The number of hydrogen-bond donors (Lipinski definition) is 1. The summed E-state index contributed by atoms with van der Waals surface area (Å²) in [4.78, 5) is 18.9. The van der Waals surface area contributed by atoms with E-state index in [9.17, 15) is 4.79 Å². The fourth-order valence-corrected chi connectivity index (χ4v) is 3.59. The Hall–Kier alpha value is -2.44. The molecule has 7 heteroatoms. The molecular formula is C18H18ClN5O. The quantitative estimate of drug-likeness (QED) is 0.765. The van der Waals surface area contributed by atoms with Crippen LogP contribution in [0, 0.1) is 6.92 Å². The van der Waals surface area contributed by atoms with Crippen molar-refractivity contribution in [2.75, 3.05) is 13.1 Å². The Morgan fingerprint density at radius 2 is 2.04 bits per heavy atom. The van der Waals surface area contributed by atoms with Crippen LogP contribution in [0.15, 0.2) is 42.7 Å². The van der Waals surface area contributed by atoms with E-state index in [0.29, 0.717) is 18.7 Å². The number of halogens is 1. The number of amides is 1. The van der Waals surface area contributed by atoms with Crippen LogP contribution in [0.4, 0.5) is 0 Å². The summed E-state index contributed by atoms with van der Waals surface area (Å²) in [6, 6.07) is 9.92. The number of carbonyl (C=O) groups is 1. The first-order valence-electron chi connectivity index (χ1n) is 8.15. The smallest absolute Gasteiger partial charge is 0.276 e. The minimum atomic E-state index is -0.206. The van der Waals surface area contributed by atoms with E-state index in [2.05, 4.69) is 10.1 Å². The van der Waals surface area contributed by atoms with Crippen LogP contribution >= 0.6 is 11.6 Å². The van der Waals surface area contributed by atoms with Gasteiger partial charge in [0.05, 0.1) is 0 Å². The molecule has 6 nitrogen and oxygen atoms in total. The van der Waals surface area contributed by atoms with E-state index in [0.717, 1.165) is 11.1 Å². The molecular weight excluding hydrogens is 338 g/mol. The second-order valence-corrected chi connectivity index (χ2v) is 6.83. The van der Waals surface area contributed by atoms with Crippen molar-refractivity contribution >= 4 is 23.2 Å². The van der Waals surface area contributed by atoms with Gasteiger partial charge in [-0.25, -0.2) is 9.50 Å². The van der Waals surface area contributed by atoms with Gasteiger partial charge in [0.2, 0.25) is 0 Å². The van der Waals surface area contributed by atoms with Gasteiger partial charge in [-0.05, 0) is 18.1 Å². The molecule has 1 fully saturated rings. The average Bonchev–Trinajstić information content (AvgIpc) is 3.15. The van der Waals surface area contributed by atoms with Crippen molar-refractivity contribution in [2.45, 2.75) is 18.9 Å². The molecule has 1 amide bonds. The lowest BCUT2D eigenvalue weighted by molar-refractivity contribution is 0.0783. The highest BCUT2D eigenvalue weighted by Crippen LogP contribution is 2.29. The Bertz CT molecular complexity index is 939. The van der Waals surface area contributed by atoms with Crippen molar-refractivity contribution in [3.8, 4) is 0 Å². The van der Waals surface area contributed by atoms with Crippen molar-refractivity contribution < 1.29 is 4.79 Å². The summed E-state index contributed by atoms with van der Waals surface area (Å²) in [7, 11) is 0. The Labute approximate surface area is 150 Å². The first kappa shape index (κ1) is 16.1. The summed E-state index contributed by atoms with van der Waals surface area (Å²) in [6.07, 6.45) is 3.50. The molecule has 3 heterocycles. The number of nitrogens with two attached hydrogens (primary N) is 1. The molecule has 2 aromatic heterocycles. The minimum absolute atomic E-state index is 0.109. The Balaban J connectivity index is 1.63. The molecule has 1 aliphatic heterocycles. The van der Waals surface area contributed by atoms with Gasteiger partial charge in [0, 0.05) is 37.4 Å². The summed E-state index contributed by atoms with van der Waals surface area (Å²) in [6.45, 7) is 2.95. The number of nitrogens with zero attached hydrogens (tertiary/aromatic N) is 4. The van der Waals surface area contributed by atoms with Crippen molar-refractivity contribution in [1.82, 2.24) is 19.5 Å². The zero-order valence-corrected chi connectivity index (χ0v) is 14.5. The summed E-state index contributed by atoms with van der Waals surface area (Å²) in [5.74, 6) is -0.0941. The summed E-state index contributed by atoms with van der Waals surface area (Å²) >= 11 is 6.35. The topological polar surface area (TPSA) is 76.5 Å². The van der Waals surface area contributed by atoms with E-state index in [1.807, 2.05) is 37.3 Å². The number of hydrogen-bond acceptors (Lipinski definition) is 4. The first-order valence-corrected chi connectivity index (χ1v) is 8.52. The first-order chi connectivity index (χ1) is 12.0. The van der Waals surface area contributed by atoms with E-state index in [1.54, 1.807) is 21.8 Å². The minimum Gasteiger partial charge on any atom is -0.335 e. The molecule has 25 heavy (non-hydrogen) atoms. The Kier molecular flexibility index (Phi) is 3.94. The van der Waals surface area contributed by atoms with Gasteiger partial charge in [-0.15, -0.1) is 0 Å². The van der Waals surface area contributed by atoms with Crippen LogP contribution in [0.2, 0.25) is 5.02 Å². The molecule has 1 aliphatic rings. The highest BCUT2D eigenvalue weighted by atomic mass is 35.5. The normalized spacial score (nSPS) is 20.4. The van der Waals surface area contributed by atoms with Gasteiger partial charge in [0.15, 0.2) is 11.3 Å².